The van der Waals surface area contributed by atoms with Gasteiger partial charge < -0.3 is 15.5 Å². The summed E-state index contributed by atoms with van der Waals surface area (Å²) in [5, 5.41) is 5.51. The summed E-state index contributed by atoms with van der Waals surface area (Å²) < 4.78 is 0. The van der Waals surface area contributed by atoms with E-state index in [-0.39, 0.29) is 30.8 Å². The van der Waals surface area contributed by atoms with Crippen molar-refractivity contribution >= 4 is 29.1 Å². The number of rotatable bonds is 7. The van der Waals surface area contributed by atoms with Crippen LogP contribution in [0.1, 0.15) is 39.5 Å². The van der Waals surface area contributed by atoms with Gasteiger partial charge in [-0.3, -0.25) is 19.3 Å². The van der Waals surface area contributed by atoms with Crippen molar-refractivity contribution in [2.45, 2.75) is 39.5 Å². The largest absolute Gasteiger partial charge is 0.342 e. The molecule has 1 saturated heterocycles. The highest BCUT2D eigenvalue weighted by Crippen LogP contribution is 2.14. The van der Waals surface area contributed by atoms with Gasteiger partial charge in [-0.15, -0.1) is 0 Å². The van der Waals surface area contributed by atoms with Crippen molar-refractivity contribution in [3.63, 3.8) is 0 Å². The number of carbonyl (C=O) groups is 3. The SMILES string of the molecule is CCN(CC(=O)Nc1ccc(NC(C)=O)cc1)CC(=O)N1CCCCCC1. The van der Waals surface area contributed by atoms with Gasteiger partial charge in [-0.05, 0) is 43.7 Å². The molecule has 1 heterocycles. The molecule has 3 amide bonds. The van der Waals surface area contributed by atoms with Gasteiger partial charge in [-0.25, -0.2) is 0 Å². The Morgan fingerprint density at radius 2 is 1.48 bits per heavy atom. The van der Waals surface area contributed by atoms with Crippen LogP contribution < -0.4 is 10.6 Å². The van der Waals surface area contributed by atoms with Gasteiger partial charge in [0.05, 0.1) is 13.1 Å². The highest BCUT2D eigenvalue weighted by molar-refractivity contribution is 5.93. The normalized spacial score (nSPS) is 14.6. The van der Waals surface area contributed by atoms with Crippen LogP contribution in [0.2, 0.25) is 0 Å². The van der Waals surface area contributed by atoms with E-state index in [4.69, 9.17) is 0 Å². The Kier molecular flexibility index (Phi) is 8.26. The smallest absolute Gasteiger partial charge is 0.238 e. The maximum Gasteiger partial charge on any atom is 0.238 e. The monoisotopic (exact) mass is 374 g/mol. The second-order valence-corrected chi connectivity index (χ2v) is 6.90. The minimum Gasteiger partial charge on any atom is -0.342 e. The van der Waals surface area contributed by atoms with E-state index in [1.54, 1.807) is 24.3 Å². The molecule has 0 unspecified atom stereocenters. The van der Waals surface area contributed by atoms with Gasteiger partial charge >= 0.3 is 0 Å². The summed E-state index contributed by atoms with van der Waals surface area (Å²) in [7, 11) is 0. The van der Waals surface area contributed by atoms with Crippen LogP contribution in [0.3, 0.4) is 0 Å². The fraction of sp³-hybridized carbons (Fsp3) is 0.550. The lowest BCUT2D eigenvalue weighted by Gasteiger charge is -2.25. The van der Waals surface area contributed by atoms with Crippen LogP contribution in [-0.2, 0) is 14.4 Å². The topological polar surface area (TPSA) is 81.8 Å². The molecule has 0 spiro atoms. The van der Waals surface area contributed by atoms with Crippen molar-refractivity contribution in [3.05, 3.63) is 24.3 Å². The minimum absolute atomic E-state index is 0.103. The lowest BCUT2D eigenvalue weighted by atomic mass is 10.2. The molecule has 1 aromatic rings. The molecule has 0 aromatic heterocycles. The maximum atomic E-state index is 12.5. The number of carbonyl (C=O) groups excluding carboxylic acids is 3. The van der Waals surface area contributed by atoms with E-state index in [2.05, 4.69) is 10.6 Å². The van der Waals surface area contributed by atoms with Crippen LogP contribution in [-0.4, -0.2) is 60.2 Å². The lowest BCUT2D eigenvalue weighted by Crippen LogP contribution is -2.43. The first-order valence-corrected chi connectivity index (χ1v) is 9.65. The average molecular weight is 374 g/mol. The van der Waals surface area contributed by atoms with E-state index in [0.717, 1.165) is 25.9 Å². The molecule has 2 rings (SSSR count). The molecular formula is C20H30N4O3. The molecule has 1 aliphatic rings. The van der Waals surface area contributed by atoms with Crippen LogP contribution in [0.4, 0.5) is 11.4 Å². The van der Waals surface area contributed by atoms with Crippen LogP contribution >= 0.6 is 0 Å². The number of nitrogens with one attached hydrogen (secondary N) is 2. The quantitative estimate of drug-likeness (QED) is 0.767. The predicted octanol–water partition coefficient (Wildman–Crippen LogP) is 2.31. The second-order valence-electron chi connectivity index (χ2n) is 6.90. The van der Waals surface area contributed by atoms with Crippen molar-refractivity contribution in [1.29, 1.82) is 0 Å². The van der Waals surface area contributed by atoms with Crippen molar-refractivity contribution < 1.29 is 14.4 Å². The molecule has 0 radical (unpaired) electrons. The van der Waals surface area contributed by atoms with Gasteiger partial charge in [-0.1, -0.05) is 19.8 Å². The molecule has 1 aliphatic heterocycles. The Hall–Kier alpha value is -2.41. The molecule has 0 atom stereocenters. The van der Waals surface area contributed by atoms with E-state index in [1.165, 1.54) is 19.8 Å². The van der Waals surface area contributed by atoms with Crippen molar-refractivity contribution in [3.8, 4) is 0 Å². The number of benzene rings is 1. The summed E-state index contributed by atoms with van der Waals surface area (Å²) in [6.45, 7) is 6.11. The fourth-order valence-electron chi connectivity index (χ4n) is 3.13. The summed E-state index contributed by atoms with van der Waals surface area (Å²) in [6, 6.07) is 6.94. The van der Waals surface area contributed by atoms with E-state index in [0.29, 0.717) is 17.9 Å². The van der Waals surface area contributed by atoms with E-state index in [1.807, 2.05) is 16.7 Å². The molecule has 0 aliphatic carbocycles. The molecule has 2 N–H and O–H groups in total. The molecule has 7 heteroatoms. The Balaban J connectivity index is 1.83. The Morgan fingerprint density at radius 3 is 2.00 bits per heavy atom. The minimum atomic E-state index is -0.159. The first-order chi connectivity index (χ1) is 13.0. The zero-order valence-electron chi connectivity index (χ0n) is 16.3. The number of anilines is 2. The second kappa shape index (κ2) is 10.7. The molecule has 1 aromatic carbocycles. The van der Waals surface area contributed by atoms with Gasteiger partial charge in [0.2, 0.25) is 17.7 Å². The number of amides is 3. The molecule has 1 fully saturated rings. The van der Waals surface area contributed by atoms with Crippen LogP contribution in [0.15, 0.2) is 24.3 Å². The number of hydrogen-bond acceptors (Lipinski definition) is 4. The van der Waals surface area contributed by atoms with Gasteiger partial charge in [0.25, 0.3) is 0 Å². The third kappa shape index (κ3) is 7.38. The predicted molar refractivity (Wildman–Crippen MR) is 107 cm³/mol. The van der Waals surface area contributed by atoms with Gasteiger partial charge in [0, 0.05) is 31.4 Å². The summed E-state index contributed by atoms with van der Waals surface area (Å²) >= 11 is 0. The third-order valence-corrected chi connectivity index (χ3v) is 4.62. The first-order valence-electron chi connectivity index (χ1n) is 9.65. The average Bonchev–Trinajstić information content (AvgIpc) is 2.91. The zero-order valence-corrected chi connectivity index (χ0v) is 16.3. The molecular weight excluding hydrogens is 344 g/mol. The van der Waals surface area contributed by atoms with Gasteiger partial charge in [0.15, 0.2) is 0 Å². The molecule has 7 nitrogen and oxygen atoms in total. The van der Waals surface area contributed by atoms with E-state index >= 15 is 0 Å². The highest BCUT2D eigenvalue weighted by atomic mass is 16.2. The summed E-state index contributed by atoms with van der Waals surface area (Å²) in [5.74, 6) is -0.196. The first kappa shape index (κ1) is 20.9. The maximum absolute atomic E-state index is 12.5. The summed E-state index contributed by atoms with van der Waals surface area (Å²) in [4.78, 5) is 39.6. The number of likely N-dealkylation sites (tertiary alicyclic amines) is 1. The zero-order chi connectivity index (χ0) is 19.6. The van der Waals surface area contributed by atoms with Crippen molar-refractivity contribution in [2.24, 2.45) is 0 Å². The standard InChI is InChI=1S/C20H30N4O3/c1-3-23(15-20(27)24-12-6-4-5-7-13-24)14-19(26)22-18-10-8-17(9-11-18)21-16(2)25/h8-11H,3-7,12-15H2,1-2H3,(H,21,25)(H,22,26). The lowest BCUT2D eigenvalue weighted by molar-refractivity contribution is -0.132. The van der Waals surface area contributed by atoms with Gasteiger partial charge in [0.1, 0.15) is 0 Å². The summed E-state index contributed by atoms with van der Waals surface area (Å²) in [5.41, 5.74) is 1.34. The Bertz CT molecular complexity index is 637. The Labute approximate surface area is 161 Å². The number of likely N-dealkylation sites (N-methyl/N-ethyl adjacent to an activating group) is 1. The number of hydrogen-bond donors (Lipinski definition) is 2. The highest BCUT2D eigenvalue weighted by Gasteiger charge is 2.19. The molecule has 27 heavy (non-hydrogen) atoms. The molecule has 0 saturated carbocycles. The van der Waals surface area contributed by atoms with E-state index in [9.17, 15) is 14.4 Å². The molecule has 0 bridgehead atoms. The number of nitrogens with zero attached hydrogens (tertiary/aromatic N) is 2. The van der Waals surface area contributed by atoms with Crippen LogP contribution in [0, 0.1) is 0 Å². The van der Waals surface area contributed by atoms with Crippen molar-refractivity contribution in [1.82, 2.24) is 9.80 Å². The van der Waals surface area contributed by atoms with E-state index < -0.39 is 0 Å². The Morgan fingerprint density at radius 1 is 0.926 bits per heavy atom. The van der Waals surface area contributed by atoms with Crippen LogP contribution in [0.25, 0.3) is 0 Å². The molecule has 148 valence electrons. The fourth-order valence-corrected chi connectivity index (χ4v) is 3.13. The van der Waals surface area contributed by atoms with Crippen LogP contribution in [0.5, 0.6) is 0 Å². The van der Waals surface area contributed by atoms with Crippen molar-refractivity contribution in [2.75, 3.05) is 43.4 Å². The summed E-state index contributed by atoms with van der Waals surface area (Å²) in [6.07, 6.45) is 4.49. The third-order valence-electron chi connectivity index (χ3n) is 4.62. The van der Waals surface area contributed by atoms with Gasteiger partial charge in [-0.2, -0.15) is 0 Å².